The standard InChI is InChI=1S/C40H73NO13/c1-15-29-40(11,47)33(43)22(3)17-16-21(2)19-38(9,46)35(54-37-32(51-27(8)42)28(41(12)13)18-23(4)49-37)24(5)31(25(6)36(45)52-29)53-30-20-39(10,48-14)34(44)26(7)50-30/h21-26,28-35,37,43-44,46-47H,15-20H2,1-14H3/t21-,22-,23+,24-,25+,26-,28-,29+,30-,31-,32+,33+,34?,35+,37-,38+,39+,40+/m0/s1. The van der Waals surface area contributed by atoms with Crippen LogP contribution >= 0.6 is 0 Å². The van der Waals surface area contributed by atoms with Crippen LogP contribution in [0, 0.1) is 23.7 Å². The number of esters is 2. The molecule has 0 radical (unpaired) electrons. The van der Waals surface area contributed by atoms with E-state index in [9.17, 15) is 30.0 Å². The summed E-state index contributed by atoms with van der Waals surface area (Å²) in [5.74, 6) is -3.40. The molecule has 0 aromatic carbocycles. The van der Waals surface area contributed by atoms with Gasteiger partial charge in [-0.25, -0.2) is 0 Å². The third kappa shape index (κ3) is 10.9. The first-order valence-electron chi connectivity index (χ1n) is 19.9. The molecular formula is C40H73NO13. The van der Waals surface area contributed by atoms with Gasteiger partial charge in [-0.2, -0.15) is 0 Å². The van der Waals surface area contributed by atoms with Gasteiger partial charge in [0.15, 0.2) is 18.7 Å². The number of aliphatic hydroxyl groups excluding tert-OH is 2. The van der Waals surface area contributed by atoms with Crippen molar-refractivity contribution in [3.63, 3.8) is 0 Å². The van der Waals surface area contributed by atoms with Crippen molar-refractivity contribution in [1.29, 1.82) is 0 Å². The minimum absolute atomic E-state index is 0.0731. The summed E-state index contributed by atoms with van der Waals surface area (Å²) in [7, 11) is 5.30. The molecule has 54 heavy (non-hydrogen) atoms. The molecule has 3 aliphatic rings. The van der Waals surface area contributed by atoms with E-state index in [0.717, 1.165) is 0 Å². The Hall–Kier alpha value is -1.46. The number of aliphatic hydroxyl groups is 4. The highest BCUT2D eigenvalue weighted by atomic mass is 16.7. The molecule has 0 spiro atoms. The monoisotopic (exact) mass is 776 g/mol. The van der Waals surface area contributed by atoms with Crippen LogP contribution in [0.1, 0.15) is 115 Å². The zero-order valence-electron chi connectivity index (χ0n) is 35.3. The number of carbonyl (C=O) groups excluding carboxylic acids is 2. The summed E-state index contributed by atoms with van der Waals surface area (Å²) >= 11 is 0. The molecule has 0 saturated carbocycles. The maximum Gasteiger partial charge on any atom is 0.311 e. The van der Waals surface area contributed by atoms with E-state index in [1.807, 2.05) is 46.7 Å². The number of hydrogen-bond donors (Lipinski definition) is 4. The maximum absolute atomic E-state index is 14.2. The quantitative estimate of drug-likeness (QED) is 0.263. The number of rotatable bonds is 8. The SMILES string of the molecule is CC[C@H]1OC(=O)[C@H](C)[C@@H](O[C@H]2C[C@@](C)(OC)C(O)[C@H](C)O2)[C@H](C)[C@@H](O[C@@H]2O[C@H](C)C[C@H](N(C)C)[C@H]2OC(C)=O)[C@](C)(O)C[C@@H](C)CC[C@H](C)[C@@H](O)[C@]1(C)O. The Labute approximate surface area is 323 Å². The van der Waals surface area contributed by atoms with Gasteiger partial charge in [0, 0.05) is 26.4 Å². The van der Waals surface area contributed by atoms with Gasteiger partial charge in [-0.1, -0.05) is 34.1 Å². The van der Waals surface area contributed by atoms with Crippen LogP contribution in [0.5, 0.6) is 0 Å². The summed E-state index contributed by atoms with van der Waals surface area (Å²) in [5, 5.41) is 46.6. The topological polar surface area (TPSA) is 183 Å². The predicted octanol–water partition coefficient (Wildman–Crippen LogP) is 3.57. The second kappa shape index (κ2) is 18.9. The first-order valence-corrected chi connectivity index (χ1v) is 19.9. The van der Waals surface area contributed by atoms with E-state index in [4.69, 9.17) is 33.2 Å². The molecule has 316 valence electrons. The fourth-order valence-electron chi connectivity index (χ4n) is 8.97. The summed E-state index contributed by atoms with van der Waals surface area (Å²) in [6.07, 6.45) is -6.80. The lowest BCUT2D eigenvalue weighted by atomic mass is 9.76. The number of methoxy groups -OCH3 is 1. The molecule has 3 heterocycles. The van der Waals surface area contributed by atoms with Crippen molar-refractivity contribution >= 4 is 11.9 Å². The first-order chi connectivity index (χ1) is 24.9. The second-order valence-corrected chi connectivity index (χ2v) is 17.6. The molecule has 3 fully saturated rings. The molecule has 1 unspecified atom stereocenters. The largest absolute Gasteiger partial charge is 0.459 e. The van der Waals surface area contributed by atoms with Gasteiger partial charge in [0.25, 0.3) is 0 Å². The summed E-state index contributed by atoms with van der Waals surface area (Å²) in [6, 6.07) is -0.257. The van der Waals surface area contributed by atoms with Crippen LogP contribution < -0.4 is 0 Å². The molecule has 0 aromatic heterocycles. The van der Waals surface area contributed by atoms with E-state index in [1.54, 1.807) is 34.6 Å². The van der Waals surface area contributed by atoms with Crippen molar-refractivity contribution in [2.45, 2.75) is 199 Å². The lowest BCUT2D eigenvalue weighted by Crippen LogP contribution is -2.61. The number of carbonyl (C=O) groups is 2. The molecule has 0 aliphatic carbocycles. The minimum Gasteiger partial charge on any atom is -0.459 e. The summed E-state index contributed by atoms with van der Waals surface area (Å²) in [6.45, 7) is 19.0. The van der Waals surface area contributed by atoms with E-state index in [2.05, 4.69) is 0 Å². The minimum atomic E-state index is -1.76. The van der Waals surface area contributed by atoms with Gasteiger partial charge in [-0.15, -0.1) is 0 Å². The highest BCUT2D eigenvalue weighted by molar-refractivity contribution is 5.73. The molecule has 4 N–H and O–H groups in total. The van der Waals surface area contributed by atoms with Crippen LogP contribution in [0.4, 0.5) is 0 Å². The lowest BCUT2D eigenvalue weighted by molar-refractivity contribution is -0.318. The third-order valence-electron chi connectivity index (χ3n) is 12.4. The summed E-state index contributed by atoms with van der Waals surface area (Å²) in [4.78, 5) is 28.7. The van der Waals surface area contributed by atoms with Crippen molar-refractivity contribution in [3.8, 4) is 0 Å². The smallest absolute Gasteiger partial charge is 0.311 e. The van der Waals surface area contributed by atoms with Gasteiger partial charge in [-0.3, -0.25) is 9.59 Å². The fourth-order valence-corrected chi connectivity index (χ4v) is 8.97. The highest BCUT2D eigenvalue weighted by Gasteiger charge is 2.53. The summed E-state index contributed by atoms with van der Waals surface area (Å²) < 4.78 is 43.8. The van der Waals surface area contributed by atoms with Gasteiger partial charge in [0.2, 0.25) is 0 Å². The van der Waals surface area contributed by atoms with Gasteiger partial charge in [0.1, 0.15) is 17.8 Å². The predicted molar refractivity (Wildman–Crippen MR) is 200 cm³/mol. The van der Waals surface area contributed by atoms with Crippen molar-refractivity contribution < 1.29 is 63.2 Å². The number of nitrogens with zero attached hydrogens (tertiary/aromatic N) is 1. The second-order valence-electron chi connectivity index (χ2n) is 17.6. The molecule has 0 amide bonds. The lowest BCUT2D eigenvalue weighted by Gasteiger charge is -2.49. The first kappa shape index (κ1) is 46.9. The van der Waals surface area contributed by atoms with Crippen molar-refractivity contribution in [2.75, 3.05) is 21.2 Å². The Balaban J connectivity index is 2.20. The van der Waals surface area contributed by atoms with Crippen molar-refractivity contribution in [1.82, 2.24) is 4.90 Å². The zero-order chi connectivity index (χ0) is 41.1. The van der Waals surface area contributed by atoms with Gasteiger partial charge < -0.3 is 58.5 Å². The van der Waals surface area contributed by atoms with Crippen LogP contribution in [0.2, 0.25) is 0 Å². The average Bonchev–Trinajstić information content (AvgIpc) is 3.08. The Morgan fingerprint density at radius 1 is 0.926 bits per heavy atom. The molecule has 0 aromatic rings. The molecule has 0 bridgehead atoms. The van der Waals surface area contributed by atoms with Gasteiger partial charge in [0.05, 0.1) is 53.7 Å². The molecular weight excluding hydrogens is 702 g/mol. The van der Waals surface area contributed by atoms with Crippen LogP contribution in [0.25, 0.3) is 0 Å². The number of ether oxygens (including phenoxy) is 7. The number of hydrogen-bond acceptors (Lipinski definition) is 14. The van der Waals surface area contributed by atoms with Crippen LogP contribution in [-0.2, 0) is 42.7 Å². The van der Waals surface area contributed by atoms with Crippen molar-refractivity contribution in [2.24, 2.45) is 23.7 Å². The average molecular weight is 776 g/mol. The normalized spacial score (nSPS) is 47.7. The van der Waals surface area contributed by atoms with Crippen LogP contribution in [0.3, 0.4) is 0 Å². The van der Waals surface area contributed by atoms with E-state index < -0.39 is 95.9 Å². The van der Waals surface area contributed by atoms with E-state index in [1.165, 1.54) is 21.0 Å². The maximum atomic E-state index is 14.2. The van der Waals surface area contributed by atoms with Crippen LogP contribution in [-0.4, -0.2) is 143 Å². The molecule has 14 heteroatoms. The van der Waals surface area contributed by atoms with Crippen molar-refractivity contribution in [3.05, 3.63) is 0 Å². The Morgan fingerprint density at radius 3 is 2.11 bits per heavy atom. The molecule has 3 aliphatic heterocycles. The zero-order valence-corrected chi connectivity index (χ0v) is 35.3. The molecule has 14 nitrogen and oxygen atoms in total. The highest BCUT2D eigenvalue weighted by Crippen LogP contribution is 2.41. The van der Waals surface area contributed by atoms with E-state index in [0.29, 0.717) is 19.3 Å². The Bertz CT molecular complexity index is 1220. The fraction of sp³-hybridized carbons (Fsp3) is 0.950. The Kier molecular flexibility index (Phi) is 16.4. The third-order valence-corrected chi connectivity index (χ3v) is 12.4. The molecule has 18 atom stereocenters. The van der Waals surface area contributed by atoms with Crippen LogP contribution in [0.15, 0.2) is 0 Å². The van der Waals surface area contributed by atoms with Gasteiger partial charge >= 0.3 is 11.9 Å². The Morgan fingerprint density at radius 2 is 1.56 bits per heavy atom. The van der Waals surface area contributed by atoms with E-state index >= 15 is 0 Å². The summed E-state index contributed by atoms with van der Waals surface area (Å²) in [5.41, 5.74) is -4.34. The number of likely N-dealkylation sites (N-methyl/N-ethyl adjacent to an activating group) is 1. The molecule has 3 rings (SSSR count). The molecule has 3 saturated heterocycles. The van der Waals surface area contributed by atoms with Gasteiger partial charge in [-0.05, 0) is 93.2 Å². The van der Waals surface area contributed by atoms with E-state index in [-0.39, 0.29) is 43.2 Å². The number of cyclic esters (lactones) is 1.